The number of carbonyl (C=O) groups excluding carboxylic acids is 4. The standard InChI is InChI=1S/C24H39N7O5S/c1-15(2)11-18(29-20(33)12-25)22(35)30-17(9-6-10-28-24(26)27)21(34)31-19(13-32)23(36)37-14-16-7-4-3-5-8-16/h3-5,7-8,15,17-19,32H,6,9-14,25H2,1-2H3,(H,29,33)(H,30,35)(H,31,34)(H4,26,27,28)/t17-,18-,19-/m0/s1. The molecule has 0 spiro atoms. The molecule has 1 rings (SSSR count). The van der Waals surface area contributed by atoms with E-state index in [1.165, 1.54) is 0 Å². The summed E-state index contributed by atoms with van der Waals surface area (Å²) in [4.78, 5) is 54.4. The van der Waals surface area contributed by atoms with Crippen LogP contribution in [0.3, 0.4) is 0 Å². The van der Waals surface area contributed by atoms with Crippen molar-refractivity contribution < 1.29 is 24.3 Å². The Bertz CT molecular complexity index is 910. The number of rotatable bonds is 16. The lowest BCUT2D eigenvalue weighted by atomic mass is 10.0. The van der Waals surface area contributed by atoms with Gasteiger partial charge in [-0.05, 0) is 30.7 Å². The van der Waals surface area contributed by atoms with E-state index in [9.17, 15) is 24.3 Å². The molecule has 13 heteroatoms. The normalized spacial score (nSPS) is 13.2. The van der Waals surface area contributed by atoms with Crippen LogP contribution in [0.1, 0.15) is 38.7 Å². The van der Waals surface area contributed by atoms with E-state index in [1.54, 1.807) is 0 Å². The summed E-state index contributed by atoms with van der Waals surface area (Å²) in [5.41, 5.74) is 17.0. The molecular weight excluding hydrogens is 498 g/mol. The summed E-state index contributed by atoms with van der Waals surface area (Å²) in [6.07, 6.45) is 0.825. The number of hydrogen-bond acceptors (Lipinski definition) is 8. The van der Waals surface area contributed by atoms with E-state index in [1.807, 2.05) is 44.2 Å². The van der Waals surface area contributed by atoms with Gasteiger partial charge in [0, 0.05) is 12.3 Å². The van der Waals surface area contributed by atoms with Crippen molar-refractivity contribution in [1.29, 1.82) is 0 Å². The molecule has 3 atom stereocenters. The number of carbonyl (C=O) groups is 4. The van der Waals surface area contributed by atoms with Gasteiger partial charge in [0.1, 0.15) is 18.1 Å². The number of thioether (sulfide) groups is 1. The summed E-state index contributed by atoms with van der Waals surface area (Å²) in [5, 5.41) is 17.1. The number of aliphatic hydroxyl groups excluding tert-OH is 1. The highest BCUT2D eigenvalue weighted by Crippen LogP contribution is 2.15. The maximum Gasteiger partial charge on any atom is 0.243 e. The Hall–Kier alpha value is -3.16. The van der Waals surface area contributed by atoms with Crippen molar-refractivity contribution in [1.82, 2.24) is 16.0 Å². The van der Waals surface area contributed by atoms with E-state index in [0.29, 0.717) is 18.6 Å². The first-order chi connectivity index (χ1) is 17.6. The Labute approximate surface area is 221 Å². The minimum absolute atomic E-state index is 0.0704. The lowest BCUT2D eigenvalue weighted by Crippen LogP contribution is -2.56. The average Bonchev–Trinajstić information content (AvgIpc) is 2.86. The second kappa shape index (κ2) is 17.3. The van der Waals surface area contributed by atoms with Crippen LogP contribution < -0.4 is 33.2 Å². The minimum Gasteiger partial charge on any atom is -0.394 e. The molecule has 3 amide bonds. The number of guanidine groups is 1. The maximum atomic E-state index is 13.1. The first-order valence-electron chi connectivity index (χ1n) is 12.0. The Morgan fingerprint density at radius 2 is 1.59 bits per heavy atom. The Balaban J connectivity index is 2.92. The van der Waals surface area contributed by atoms with Gasteiger partial charge in [-0.3, -0.25) is 24.2 Å². The fraction of sp³-hybridized carbons (Fsp3) is 0.542. The molecule has 0 unspecified atom stereocenters. The number of aliphatic imine (C=N–C) groups is 1. The molecular formula is C24H39N7O5S. The number of nitrogens with zero attached hydrogens (tertiary/aromatic N) is 1. The molecule has 0 bridgehead atoms. The van der Waals surface area contributed by atoms with Gasteiger partial charge in [0.25, 0.3) is 0 Å². The molecule has 0 saturated carbocycles. The van der Waals surface area contributed by atoms with Crippen molar-refractivity contribution in [3.63, 3.8) is 0 Å². The second-order valence-corrected chi connectivity index (χ2v) is 9.78. The van der Waals surface area contributed by atoms with Crippen molar-refractivity contribution in [2.45, 2.75) is 57.0 Å². The molecule has 0 heterocycles. The van der Waals surface area contributed by atoms with Crippen molar-refractivity contribution in [2.75, 3.05) is 19.7 Å². The molecule has 37 heavy (non-hydrogen) atoms. The van der Waals surface area contributed by atoms with Gasteiger partial charge < -0.3 is 38.3 Å². The molecule has 0 aliphatic heterocycles. The van der Waals surface area contributed by atoms with Crippen LogP contribution in [0.2, 0.25) is 0 Å². The quantitative estimate of drug-likeness (QED) is 0.0777. The van der Waals surface area contributed by atoms with Gasteiger partial charge in [-0.1, -0.05) is 55.9 Å². The van der Waals surface area contributed by atoms with Crippen LogP contribution in [0.5, 0.6) is 0 Å². The molecule has 1 aromatic carbocycles. The SMILES string of the molecule is CC(C)C[C@H](NC(=O)CN)C(=O)N[C@@H](CCCN=C(N)N)C(=O)N[C@@H](CO)C(=O)SCc1ccccc1. The van der Waals surface area contributed by atoms with E-state index in [-0.39, 0.29) is 31.4 Å². The topological polar surface area (TPSA) is 215 Å². The summed E-state index contributed by atoms with van der Waals surface area (Å²) in [5.74, 6) is -1.38. The molecule has 0 aliphatic carbocycles. The highest BCUT2D eigenvalue weighted by molar-refractivity contribution is 8.13. The van der Waals surface area contributed by atoms with Crippen LogP contribution >= 0.6 is 11.8 Å². The lowest BCUT2D eigenvalue weighted by Gasteiger charge is -2.25. The third kappa shape index (κ3) is 13.1. The zero-order chi connectivity index (χ0) is 27.8. The molecule has 0 aliphatic rings. The van der Waals surface area contributed by atoms with Gasteiger partial charge in [0.2, 0.25) is 22.8 Å². The highest BCUT2D eigenvalue weighted by Gasteiger charge is 2.29. The number of amides is 3. The van der Waals surface area contributed by atoms with Crippen molar-refractivity contribution in [3.8, 4) is 0 Å². The van der Waals surface area contributed by atoms with Crippen LogP contribution in [0, 0.1) is 5.92 Å². The molecule has 12 nitrogen and oxygen atoms in total. The monoisotopic (exact) mass is 537 g/mol. The van der Waals surface area contributed by atoms with Gasteiger partial charge in [-0.25, -0.2) is 0 Å². The molecule has 206 valence electrons. The number of nitrogens with two attached hydrogens (primary N) is 3. The summed E-state index contributed by atoms with van der Waals surface area (Å²) in [6, 6.07) is 6.17. The Morgan fingerprint density at radius 3 is 2.16 bits per heavy atom. The molecule has 1 aromatic rings. The first-order valence-corrected chi connectivity index (χ1v) is 13.0. The Kier molecular flexibility index (Phi) is 14.9. The summed E-state index contributed by atoms with van der Waals surface area (Å²) in [6.45, 7) is 3.10. The molecule has 0 radical (unpaired) electrons. The second-order valence-electron chi connectivity index (χ2n) is 8.80. The summed E-state index contributed by atoms with van der Waals surface area (Å²) >= 11 is 0.970. The number of hydrogen-bond donors (Lipinski definition) is 7. The van der Waals surface area contributed by atoms with E-state index in [0.717, 1.165) is 17.3 Å². The van der Waals surface area contributed by atoms with Crippen LogP contribution in [0.25, 0.3) is 0 Å². The van der Waals surface area contributed by atoms with Crippen LogP contribution in [-0.2, 0) is 24.9 Å². The Morgan fingerprint density at radius 1 is 0.973 bits per heavy atom. The van der Waals surface area contributed by atoms with Gasteiger partial charge in [-0.2, -0.15) is 0 Å². The zero-order valence-electron chi connectivity index (χ0n) is 21.3. The van der Waals surface area contributed by atoms with E-state index in [4.69, 9.17) is 17.2 Å². The van der Waals surface area contributed by atoms with Crippen molar-refractivity contribution in [2.24, 2.45) is 28.1 Å². The predicted octanol–water partition coefficient (Wildman–Crippen LogP) is -1.05. The number of benzene rings is 1. The van der Waals surface area contributed by atoms with Crippen LogP contribution in [-0.4, -0.2) is 71.7 Å². The summed E-state index contributed by atoms with van der Waals surface area (Å²) < 4.78 is 0. The average molecular weight is 538 g/mol. The van der Waals surface area contributed by atoms with Gasteiger partial charge in [0.05, 0.1) is 13.2 Å². The zero-order valence-corrected chi connectivity index (χ0v) is 22.1. The molecule has 0 fully saturated rings. The largest absolute Gasteiger partial charge is 0.394 e. The van der Waals surface area contributed by atoms with Gasteiger partial charge in [0.15, 0.2) is 5.96 Å². The predicted molar refractivity (Wildman–Crippen MR) is 144 cm³/mol. The van der Waals surface area contributed by atoms with Gasteiger partial charge in [-0.15, -0.1) is 0 Å². The third-order valence-corrected chi connectivity index (χ3v) is 6.18. The van der Waals surface area contributed by atoms with E-state index >= 15 is 0 Å². The molecule has 0 aromatic heterocycles. The fourth-order valence-electron chi connectivity index (χ4n) is 3.28. The van der Waals surface area contributed by atoms with Crippen molar-refractivity contribution in [3.05, 3.63) is 35.9 Å². The first kappa shape index (κ1) is 31.9. The minimum atomic E-state index is -1.17. The smallest absolute Gasteiger partial charge is 0.243 e. The summed E-state index contributed by atoms with van der Waals surface area (Å²) in [7, 11) is 0. The maximum absolute atomic E-state index is 13.1. The molecule has 0 saturated heterocycles. The highest BCUT2D eigenvalue weighted by atomic mass is 32.2. The fourth-order valence-corrected chi connectivity index (χ4v) is 4.12. The number of nitrogens with one attached hydrogen (secondary N) is 3. The van der Waals surface area contributed by atoms with E-state index < -0.39 is 47.6 Å². The number of aliphatic hydroxyl groups is 1. The van der Waals surface area contributed by atoms with Crippen molar-refractivity contribution >= 4 is 40.6 Å². The van der Waals surface area contributed by atoms with E-state index in [2.05, 4.69) is 20.9 Å². The third-order valence-electron chi connectivity index (χ3n) is 5.13. The lowest BCUT2D eigenvalue weighted by molar-refractivity contribution is -0.133. The van der Waals surface area contributed by atoms with Crippen LogP contribution in [0.15, 0.2) is 35.3 Å². The van der Waals surface area contributed by atoms with Gasteiger partial charge >= 0.3 is 0 Å². The van der Waals surface area contributed by atoms with Crippen LogP contribution in [0.4, 0.5) is 0 Å². The molecule has 10 N–H and O–H groups in total.